The Morgan fingerprint density at radius 3 is 2.58 bits per heavy atom. The zero-order valence-electron chi connectivity index (χ0n) is 11.7. The molecule has 0 aliphatic carbocycles. The molecule has 1 aliphatic rings. The summed E-state index contributed by atoms with van der Waals surface area (Å²) in [5, 5.41) is 0. The van der Waals surface area contributed by atoms with Gasteiger partial charge in [0.05, 0.1) is 13.3 Å². The minimum atomic E-state index is 0.0566. The van der Waals surface area contributed by atoms with Gasteiger partial charge in [-0.15, -0.1) is 0 Å². The highest BCUT2D eigenvalue weighted by Crippen LogP contribution is 2.25. The van der Waals surface area contributed by atoms with Gasteiger partial charge < -0.3 is 14.5 Å². The lowest BCUT2D eigenvalue weighted by Gasteiger charge is -2.36. The molecule has 2 heterocycles. The fraction of sp³-hybridized carbons (Fsp3) is 0.615. The van der Waals surface area contributed by atoms with E-state index in [1.807, 2.05) is 18.7 Å². The molecule has 0 aromatic carbocycles. The van der Waals surface area contributed by atoms with Crippen LogP contribution in [-0.2, 0) is 4.79 Å². The number of anilines is 1. The fourth-order valence-corrected chi connectivity index (χ4v) is 2.22. The third-order valence-electron chi connectivity index (χ3n) is 3.28. The van der Waals surface area contributed by atoms with Gasteiger partial charge in [0, 0.05) is 32.1 Å². The van der Waals surface area contributed by atoms with E-state index in [-0.39, 0.29) is 11.8 Å². The first-order valence-corrected chi connectivity index (χ1v) is 6.51. The Kier molecular flexibility index (Phi) is 4.19. The second kappa shape index (κ2) is 5.86. The van der Waals surface area contributed by atoms with E-state index >= 15 is 0 Å². The molecule has 1 fully saturated rings. The summed E-state index contributed by atoms with van der Waals surface area (Å²) in [6.07, 6.45) is 3.23. The average Bonchev–Trinajstić information content (AvgIpc) is 2.46. The van der Waals surface area contributed by atoms with Crippen LogP contribution in [0.1, 0.15) is 13.8 Å². The van der Waals surface area contributed by atoms with Gasteiger partial charge in [-0.05, 0) is 0 Å². The normalized spacial score (nSPS) is 15.8. The van der Waals surface area contributed by atoms with Crippen molar-refractivity contribution in [2.75, 3.05) is 38.2 Å². The third-order valence-corrected chi connectivity index (χ3v) is 3.28. The zero-order valence-corrected chi connectivity index (χ0v) is 11.7. The highest BCUT2D eigenvalue weighted by molar-refractivity contribution is 5.78. The second-order valence-electron chi connectivity index (χ2n) is 4.88. The highest BCUT2D eigenvalue weighted by atomic mass is 16.5. The number of amides is 1. The van der Waals surface area contributed by atoms with Gasteiger partial charge in [-0.25, -0.2) is 9.97 Å². The van der Waals surface area contributed by atoms with Crippen LogP contribution in [0.5, 0.6) is 5.88 Å². The van der Waals surface area contributed by atoms with E-state index in [2.05, 4.69) is 14.9 Å². The minimum Gasteiger partial charge on any atom is -0.479 e. The van der Waals surface area contributed by atoms with Crippen LogP contribution in [0.25, 0.3) is 0 Å². The number of piperazine rings is 1. The summed E-state index contributed by atoms with van der Waals surface area (Å²) in [7, 11) is 1.60. The van der Waals surface area contributed by atoms with Gasteiger partial charge >= 0.3 is 0 Å². The average molecular weight is 264 g/mol. The molecule has 0 radical (unpaired) electrons. The molecule has 1 aromatic heterocycles. The van der Waals surface area contributed by atoms with Crippen molar-refractivity contribution in [1.82, 2.24) is 14.9 Å². The standard InChI is InChI=1S/C13H20N4O2/c1-10(2)13(18)17-6-4-16(5-7-17)11-8-14-9-15-12(11)19-3/h8-10H,4-7H2,1-3H3. The molecule has 19 heavy (non-hydrogen) atoms. The Labute approximate surface area is 113 Å². The smallest absolute Gasteiger partial charge is 0.240 e. The first-order valence-electron chi connectivity index (χ1n) is 6.51. The van der Waals surface area contributed by atoms with E-state index in [4.69, 9.17) is 4.74 Å². The van der Waals surface area contributed by atoms with Crippen molar-refractivity contribution in [3.05, 3.63) is 12.5 Å². The number of hydrogen-bond acceptors (Lipinski definition) is 5. The van der Waals surface area contributed by atoms with E-state index in [1.54, 1.807) is 13.3 Å². The number of methoxy groups -OCH3 is 1. The van der Waals surface area contributed by atoms with Gasteiger partial charge in [0.15, 0.2) is 0 Å². The van der Waals surface area contributed by atoms with Crippen molar-refractivity contribution in [3.63, 3.8) is 0 Å². The molecule has 0 spiro atoms. The second-order valence-corrected chi connectivity index (χ2v) is 4.88. The molecule has 6 nitrogen and oxygen atoms in total. The maximum Gasteiger partial charge on any atom is 0.240 e. The maximum absolute atomic E-state index is 11.9. The van der Waals surface area contributed by atoms with Crippen molar-refractivity contribution in [3.8, 4) is 5.88 Å². The Morgan fingerprint density at radius 1 is 1.32 bits per heavy atom. The van der Waals surface area contributed by atoms with Crippen LogP contribution < -0.4 is 9.64 Å². The van der Waals surface area contributed by atoms with Crippen LogP contribution in [0.15, 0.2) is 12.5 Å². The van der Waals surface area contributed by atoms with Crippen LogP contribution in [0.3, 0.4) is 0 Å². The monoisotopic (exact) mass is 264 g/mol. The molecule has 0 bridgehead atoms. The number of aromatic nitrogens is 2. The van der Waals surface area contributed by atoms with Crippen molar-refractivity contribution >= 4 is 11.6 Å². The highest BCUT2D eigenvalue weighted by Gasteiger charge is 2.24. The van der Waals surface area contributed by atoms with Crippen molar-refractivity contribution in [2.45, 2.75) is 13.8 Å². The number of rotatable bonds is 3. The summed E-state index contributed by atoms with van der Waals surface area (Å²) in [6.45, 7) is 6.89. The predicted octanol–water partition coefficient (Wildman–Crippen LogP) is 0.790. The largest absolute Gasteiger partial charge is 0.479 e. The first-order chi connectivity index (χ1) is 9.13. The Bertz CT molecular complexity index is 442. The van der Waals surface area contributed by atoms with Gasteiger partial charge in [-0.3, -0.25) is 4.79 Å². The molecule has 0 N–H and O–H groups in total. The van der Waals surface area contributed by atoms with Crippen LogP contribution in [0.4, 0.5) is 5.69 Å². The van der Waals surface area contributed by atoms with Gasteiger partial charge in [0.1, 0.15) is 12.0 Å². The van der Waals surface area contributed by atoms with E-state index < -0.39 is 0 Å². The van der Waals surface area contributed by atoms with Crippen LogP contribution in [0, 0.1) is 5.92 Å². The summed E-state index contributed by atoms with van der Waals surface area (Å²) >= 11 is 0. The summed E-state index contributed by atoms with van der Waals surface area (Å²) < 4.78 is 5.24. The molecule has 2 rings (SSSR count). The molecular formula is C13H20N4O2. The lowest BCUT2D eigenvalue weighted by Crippen LogP contribution is -2.50. The number of carbonyl (C=O) groups is 1. The number of ether oxygens (including phenoxy) is 1. The Morgan fingerprint density at radius 2 is 2.00 bits per heavy atom. The molecular weight excluding hydrogens is 244 g/mol. The number of nitrogens with zero attached hydrogens (tertiary/aromatic N) is 4. The molecule has 0 saturated carbocycles. The van der Waals surface area contributed by atoms with Crippen LogP contribution in [-0.4, -0.2) is 54.1 Å². The molecule has 0 atom stereocenters. The topological polar surface area (TPSA) is 58.6 Å². The minimum absolute atomic E-state index is 0.0566. The Balaban J connectivity index is 2.02. The lowest BCUT2D eigenvalue weighted by atomic mass is 10.1. The van der Waals surface area contributed by atoms with Gasteiger partial charge in [0.25, 0.3) is 0 Å². The van der Waals surface area contributed by atoms with Crippen molar-refractivity contribution in [1.29, 1.82) is 0 Å². The molecule has 6 heteroatoms. The lowest BCUT2D eigenvalue weighted by molar-refractivity contribution is -0.134. The van der Waals surface area contributed by atoms with E-state index in [9.17, 15) is 4.79 Å². The fourth-order valence-electron chi connectivity index (χ4n) is 2.22. The van der Waals surface area contributed by atoms with Gasteiger partial charge in [-0.2, -0.15) is 0 Å². The molecule has 1 aromatic rings. The summed E-state index contributed by atoms with van der Waals surface area (Å²) in [5.74, 6) is 0.857. The van der Waals surface area contributed by atoms with Gasteiger partial charge in [-0.1, -0.05) is 13.8 Å². The Hall–Kier alpha value is -1.85. The van der Waals surface area contributed by atoms with Crippen LogP contribution in [0.2, 0.25) is 0 Å². The molecule has 104 valence electrons. The summed E-state index contributed by atoms with van der Waals surface area (Å²) in [5.41, 5.74) is 0.890. The zero-order chi connectivity index (χ0) is 13.8. The molecule has 0 unspecified atom stereocenters. The number of hydrogen-bond donors (Lipinski definition) is 0. The van der Waals surface area contributed by atoms with Crippen LogP contribution >= 0.6 is 0 Å². The third kappa shape index (κ3) is 2.94. The van der Waals surface area contributed by atoms with Crippen molar-refractivity contribution < 1.29 is 9.53 Å². The SMILES string of the molecule is COc1ncncc1N1CCN(C(=O)C(C)C)CC1. The van der Waals surface area contributed by atoms with E-state index in [0.29, 0.717) is 5.88 Å². The van der Waals surface area contributed by atoms with E-state index in [0.717, 1.165) is 31.9 Å². The quantitative estimate of drug-likeness (QED) is 0.808. The predicted molar refractivity (Wildman–Crippen MR) is 72.2 cm³/mol. The summed E-state index contributed by atoms with van der Waals surface area (Å²) in [6, 6.07) is 0. The molecule has 1 saturated heterocycles. The molecule has 1 amide bonds. The number of carbonyl (C=O) groups excluding carboxylic acids is 1. The van der Waals surface area contributed by atoms with Gasteiger partial charge in [0.2, 0.25) is 11.8 Å². The summed E-state index contributed by atoms with van der Waals surface area (Å²) in [4.78, 5) is 24.1. The first kappa shape index (κ1) is 13.6. The van der Waals surface area contributed by atoms with Crippen molar-refractivity contribution in [2.24, 2.45) is 5.92 Å². The molecule has 1 aliphatic heterocycles. The van der Waals surface area contributed by atoms with E-state index in [1.165, 1.54) is 6.33 Å². The maximum atomic E-state index is 11.9.